The molecule has 158 valence electrons. The first-order valence-corrected chi connectivity index (χ1v) is 11.1. The molecular formula is C23H29N5O2. The second kappa shape index (κ2) is 7.87. The second-order valence-corrected chi connectivity index (χ2v) is 8.78. The van der Waals surface area contributed by atoms with E-state index in [0.717, 1.165) is 42.6 Å². The normalized spacial score (nSPS) is 19.0. The fourth-order valence-electron chi connectivity index (χ4n) is 5.04. The van der Waals surface area contributed by atoms with Gasteiger partial charge in [-0.1, -0.05) is 30.9 Å². The van der Waals surface area contributed by atoms with Crippen LogP contribution in [-0.2, 0) is 11.3 Å². The Hall–Kier alpha value is -2.67. The Kier molecular flexibility index (Phi) is 5.06. The van der Waals surface area contributed by atoms with Crippen LogP contribution in [0.1, 0.15) is 37.7 Å². The van der Waals surface area contributed by atoms with E-state index >= 15 is 0 Å². The fraction of sp³-hybridized carbons (Fsp3) is 0.522. The standard InChI is InChI=1S/C23H29N5O2/c1-16-7-8-19-18(13-16)21-22(25-19)23(30)28(15-24-21)14-20(29)27-11-9-26(10-12-27)17-5-3-2-4-6-17/h7-8,13,15,17,25H,2-6,9-12,14H2,1H3. The zero-order valence-electron chi connectivity index (χ0n) is 17.6. The number of rotatable bonds is 3. The van der Waals surface area contributed by atoms with Crippen LogP contribution in [0.15, 0.2) is 29.3 Å². The van der Waals surface area contributed by atoms with E-state index in [-0.39, 0.29) is 18.0 Å². The summed E-state index contributed by atoms with van der Waals surface area (Å²) in [5.74, 6) is -0.00602. The maximum atomic E-state index is 13.0. The van der Waals surface area contributed by atoms with Crippen molar-refractivity contribution in [2.75, 3.05) is 26.2 Å². The molecular weight excluding hydrogens is 378 g/mol. The lowest BCUT2D eigenvalue weighted by atomic mass is 9.94. The van der Waals surface area contributed by atoms with E-state index in [1.807, 2.05) is 30.0 Å². The summed E-state index contributed by atoms with van der Waals surface area (Å²) in [4.78, 5) is 38.0. The average Bonchev–Trinajstić information content (AvgIpc) is 3.15. The molecule has 2 fully saturated rings. The predicted octanol–water partition coefficient (Wildman–Crippen LogP) is 2.66. The summed E-state index contributed by atoms with van der Waals surface area (Å²) in [6.45, 7) is 5.41. The number of carbonyl (C=O) groups excluding carboxylic acids is 1. The third-order valence-corrected chi connectivity index (χ3v) is 6.79. The van der Waals surface area contributed by atoms with E-state index < -0.39 is 0 Å². The highest BCUT2D eigenvalue weighted by atomic mass is 16.2. The maximum absolute atomic E-state index is 13.0. The zero-order chi connectivity index (χ0) is 20.7. The highest BCUT2D eigenvalue weighted by Gasteiger charge is 2.27. The summed E-state index contributed by atoms with van der Waals surface area (Å²) in [7, 11) is 0. The number of nitrogens with zero attached hydrogens (tertiary/aromatic N) is 4. The maximum Gasteiger partial charge on any atom is 0.278 e. The van der Waals surface area contributed by atoms with Crippen LogP contribution in [0.4, 0.5) is 0 Å². The molecule has 0 spiro atoms. The molecule has 5 rings (SSSR count). The zero-order valence-corrected chi connectivity index (χ0v) is 17.6. The number of piperazine rings is 1. The van der Waals surface area contributed by atoms with Crippen molar-refractivity contribution in [3.63, 3.8) is 0 Å². The van der Waals surface area contributed by atoms with Crippen LogP contribution >= 0.6 is 0 Å². The minimum atomic E-state index is -0.192. The molecule has 0 atom stereocenters. The molecule has 1 saturated heterocycles. The van der Waals surface area contributed by atoms with E-state index in [2.05, 4.69) is 14.9 Å². The summed E-state index contributed by atoms with van der Waals surface area (Å²) in [6.07, 6.45) is 8.11. The summed E-state index contributed by atoms with van der Waals surface area (Å²) >= 11 is 0. The van der Waals surface area contributed by atoms with Crippen molar-refractivity contribution in [2.24, 2.45) is 0 Å². The number of hydrogen-bond donors (Lipinski definition) is 1. The van der Waals surface area contributed by atoms with E-state index in [1.54, 1.807) is 0 Å². The molecule has 1 amide bonds. The highest BCUT2D eigenvalue weighted by Crippen LogP contribution is 2.24. The van der Waals surface area contributed by atoms with Crippen LogP contribution in [0.5, 0.6) is 0 Å². The second-order valence-electron chi connectivity index (χ2n) is 8.78. The Bertz CT molecular complexity index is 1130. The minimum absolute atomic E-state index is 0.00602. The van der Waals surface area contributed by atoms with Crippen molar-refractivity contribution in [2.45, 2.75) is 51.6 Å². The summed E-state index contributed by atoms with van der Waals surface area (Å²) in [5, 5.41) is 0.944. The lowest BCUT2D eigenvalue weighted by Gasteiger charge is -2.40. The number of nitrogens with one attached hydrogen (secondary N) is 1. The lowest BCUT2D eigenvalue weighted by molar-refractivity contribution is -0.134. The van der Waals surface area contributed by atoms with Gasteiger partial charge in [0.2, 0.25) is 5.91 Å². The van der Waals surface area contributed by atoms with Gasteiger partial charge in [-0.15, -0.1) is 0 Å². The Balaban J connectivity index is 1.29. The van der Waals surface area contributed by atoms with Crippen molar-refractivity contribution in [1.29, 1.82) is 0 Å². The van der Waals surface area contributed by atoms with E-state index in [1.165, 1.54) is 43.0 Å². The summed E-state index contributed by atoms with van der Waals surface area (Å²) < 4.78 is 1.43. The largest absolute Gasteiger partial charge is 0.349 e. The molecule has 2 aromatic heterocycles. The van der Waals surface area contributed by atoms with Gasteiger partial charge in [-0.2, -0.15) is 0 Å². The Morgan fingerprint density at radius 2 is 1.90 bits per heavy atom. The van der Waals surface area contributed by atoms with Crippen molar-refractivity contribution in [1.82, 2.24) is 24.3 Å². The van der Waals surface area contributed by atoms with Gasteiger partial charge in [0, 0.05) is 43.1 Å². The number of hydrogen-bond acceptors (Lipinski definition) is 4. The summed E-state index contributed by atoms with van der Waals surface area (Å²) in [5.41, 5.74) is 2.96. The quantitative estimate of drug-likeness (QED) is 0.724. The molecule has 1 N–H and O–H groups in total. The topological polar surface area (TPSA) is 74.2 Å². The third-order valence-electron chi connectivity index (χ3n) is 6.79. The number of H-pyrrole nitrogens is 1. The van der Waals surface area contributed by atoms with Crippen molar-refractivity contribution < 1.29 is 4.79 Å². The van der Waals surface area contributed by atoms with Gasteiger partial charge in [-0.05, 0) is 31.9 Å². The molecule has 1 aromatic carbocycles. The Morgan fingerprint density at radius 3 is 2.67 bits per heavy atom. The first-order chi connectivity index (χ1) is 14.6. The number of aryl methyl sites for hydroxylation is 1. The van der Waals surface area contributed by atoms with E-state index in [9.17, 15) is 9.59 Å². The monoisotopic (exact) mass is 407 g/mol. The molecule has 0 bridgehead atoms. The predicted molar refractivity (Wildman–Crippen MR) is 118 cm³/mol. The van der Waals surface area contributed by atoms with Crippen LogP contribution in [0.2, 0.25) is 0 Å². The molecule has 30 heavy (non-hydrogen) atoms. The van der Waals surface area contributed by atoms with Crippen LogP contribution < -0.4 is 5.56 Å². The molecule has 7 heteroatoms. The van der Waals surface area contributed by atoms with Gasteiger partial charge in [0.25, 0.3) is 5.56 Å². The first kappa shape index (κ1) is 19.3. The molecule has 7 nitrogen and oxygen atoms in total. The van der Waals surface area contributed by atoms with Gasteiger partial charge in [0.1, 0.15) is 17.6 Å². The number of aromatic amines is 1. The van der Waals surface area contributed by atoms with Gasteiger partial charge < -0.3 is 9.88 Å². The number of aromatic nitrogens is 3. The lowest BCUT2D eigenvalue weighted by Crippen LogP contribution is -2.53. The van der Waals surface area contributed by atoms with Crippen molar-refractivity contribution in [3.05, 3.63) is 40.4 Å². The number of amides is 1. The highest BCUT2D eigenvalue weighted by molar-refractivity contribution is 6.04. The average molecular weight is 408 g/mol. The van der Waals surface area contributed by atoms with Gasteiger partial charge in [0.05, 0.1) is 6.33 Å². The molecule has 1 saturated carbocycles. The van der Waals surface area contributed by atoms with Gasteiger partial charge >= 0.3 is 0 Å². The minimum Gasteiger partial charge on any atom is -0.349 e. The van der Waals surface area contributed by atoms with Crippen LogP contribution in [0.3, 0.4) is 0 Å². The smallest absolute Gasteiger partial charge is 0.278 e. The van der Waals surface area contributed by atoms with Crippen LogP contribution in [0.25, 0.3) is 21.9 Å². The van der Waals surface area contributed by atoms with Crippen LogP contribution in [0, 0.1) is 6.92 Å². The SMILES string of the molecule is Cc1ccc2[nH]c3c(=O)n(CC(=O)N4CCN(C5CCCCC5)CC4)cnc3c2c1. The summed E-state index contributed by atoms with van der Waals surface area (Å²) in [6, 6.07) is 6.69. The van der Waals surface area contributed by atoms with Gasteiger partial charge in [-0.25, -0.2) is 4.98 Å². The third kappa shape index (κ3) is 3.51. The molecule has 2 aliphatic rings. The Morgan fingerprint density at radius 1 is 1.13 bits per heavy atom. The number of fused-ring (bicyclic) bond motifs is 3. The fourth-order valence-corrected chi connectivity index (χ4v) is 5.04. The molecule has 3 heterocycles. The van der Waals surface area contributed by atoms with E-state index in [0.29, 0.717) is 17.1 Å². The molecule has 0 radical (unpaired) electrons. The number of benzene rings is 1. The molecule has 1 aliphatic heterocycles. The van der Waals surface area contributed by atoms with Crippen molar-refractivity contribution in [3.8, 4) is 0 Å². The Labute approximate surface area is 175 Å². The van der Waals surface area contributed by atoms with Crippen molar-refractivity contribution >= 4 is 27.8 Å². The first-order valence-electron chi connectivity index (χ1n) is 11.1. The van der Waals surface area contributed by atoms with Crippen LogP contribution in [-0.4, -0.2) is 62.5 Å². The molecule has 0 unspecified atom stereocenters. The van der Waals surface area contributed by atoms with Gasteiger partial charge in [-0.3, -0.25) is 19.1 Å². The number of carbonyl (C=O) groups is 1. The van der Waals surface area contributed by atoms with Gasteiger partial charge in [0.15, 0.2) is 0 Å². The molecule has 3 aromatic rings. The van der Waals surface area contributed by atoms with E-state index in [4.69, 9.17) is 0 Å². The molecule has 1 aliphatic carbocycles.